The van der Waals surface area contributed by atoms with E-state index in [1.165, 1.54) is 0 Å². The van der Waals surface area contributed by atoms with Crippen molar-refractivity contribution >= 4 is 11.4 Å². The molecule has 2 aromatic heterocycles. The van der Waals surface area contributed by atoms with E-state index in [-0.39, 0.29) is 0 Å². The molecule has 0 bridgehead atoms. The van der Waals surface area contributed by atoms with Crippen molar-refractivity contribution in [3.05, 3.63) is 48.8 Å². The summed E-state index contributed by atoms with van der Waals surface area (Å²) in [5, 5.41) is 3.41. The van der Waals surface area contributed by atoms with Crippen molar-refractivity contribution in [1.29, 1.82) is 0 Å². The van der Waals surface area contributed by atoms with E-state index in [0.717, 1.165) is 55.2 Å². The quantitative estimate of drug-likeness (QED) is 0.659. The van der Waals surface area contributed by atoms with Crippen molar-refractivity contribution in [1.82, 2.24) is 14.9 Å². The van der Waals surface area contributed by atoms with Gasteiger partial charge in [-0.3, -0.25) is 9.97 Å². The minimum atomic E-state index is 0.533. The Morgan fingerprint density at radius 2 is 1.85 bits per heavy atom. The zero-order valence-corrected chi connectivity index (χ0v) is 16.6. The molecule has 5 nitrogen and oxygen atoms in total. The summed E-state index contributed by atoms with van der Waals surface area (Å²) in [5.41, 5.74) is 9.80. The van der Waals surface area contributed by atoms with Crippen molar-refractivity contribution in [2.75, 3.05) is 31.5 Å². The lowest BCUT2D eigenvalue weighted by molar-refractivity contribution is 0.303. The predicted molar refractivity (Wildman–Crippen MR) is 113 cm³/mol. The molecular weight excluding hydrogens is 322 g/mol. The molecule has 0 saturated carbocycles. The van der Waals surface area contributed by atoms with E-state index in [4.69, 9.17) is 5.73 Å². The summed E-state index contributed by atoms with van der Waals surface area (Å²) in [5.74, 6) is 0. The van der Waals surface area contributed by atoms with Crippen LogP contribution in [0.1, 0.15) is 39.7 Å². The SMILES string of the molecule is C=C(N)c1ccnc(-c2ccc(NCCCN(CC)CC)cn2)c1.CC. The van der Waals surface area contributed by atoms with Crippen LogP contribution in [0.5, 0.6) is 0 Å². The van der Waals surface area contributed by atoms with Gasteiger partial charge in [0.1, 0.15) is 0 Å². The monoisotopic (exact) mass is 355 g/mol. The zero-order valence-electron chi connectivity index (χ0n) is 16.6. The van der Waals surface area contributed by atoms with Crippen LogP contribution in [0.4, 0.5) is 5.69 Å². The second-order valence-electron chi connectivity index (χ2n) is 5.69. The smallest absolute Gasteiger partial charge is 0.0892 e. The van der Waals surface area contributed by atoms with Crippen molar-refractivity contribution in [2.24, 2.45) is 5.73 Å². The van der Waals surface area contributed by atoms with Crippen LogP contribution in [0.15, 0.2) is 43.2 Å². The average molecular weight is 356 g/mol. The molecule has 142 valence electrons. The van der Waals surface area contributed by atoms with Crippen molar-refractivity contribution in [3.63, 3.8) is 0 Å². The van der Waals surface area contributed by atoms with E-state index < -0.39 is 0 Å². The number of pyridine rings is 2. The van der Waals surface area contributed by atoms with Crippen LogP contribution in [-0.2, 0) is 0 Å². The third kappa shape index (κ3) is 6.84. The number of nitrogens with two attached hydrogens (primary N) is 1. The number of hydrogen-bond acceptors (Lipinski definition) is 5. The molecule has 2 aromatic rings. The van der Waals surface area contributed by atoms with Gasteiger partial charge in [-0.1, -0.05) is 34.3 Å². The number of nitrogens with zero attached hydrogens (tertiary/aromatic N) is 3. The molecule has 3 N–H and O–H groups in total. The first kappa shape index (κ1) is 21.6. The predicted octanol–water partition coefficient (Wildman–Crippen LogP) is 4.24. The van der Waals surface area contributed by atoms with Crippen LogP contribution < -0.4 is 11.1 Å². The van der Waals surface area contributed by atoms with Gasteiger partial charge in [0.05, 0.1) is 23.3 Å². The Labute approximate surface area is 158 Å². The van der Waals surface area contributed by atoms with Crippen molar-refractivity contribution in [3.8, 4) is 11.4 Å². The first-order valence-electron chi connectivity index (χ1n) is 9.47. The van der Waals surface area contributed by atoms with Crippen LogP contribution in [0, 0.1) is 0 Å². The summed E-state index contributed by atoms with van der Waals surface area (Å²) in [6, 6.07) is 7.75. The maximum absolute atomic E-state index is 5.74. The Kier molecular flexibility index (Phi) is 10.0. The van der Waals surface area contributed by atoms with E-state index >= 15 is 0 Å². The molecule has 2 rings (SSSR count). The normalized spacial score (nSPS) is 10.2. The highest BCUT2D eigenvalue weighted by molar-refractivity contribution is 5.66. The van der Waals surface area contributed by atoms with Crippen molar-refractivity contribution < 1.29 is 0 Å². The Hall–Kier alpha value is -2.40. The molecule has 0 unspecified atom stereocenters. The second-order valence-corrected chi connectivity index (χ2v) is 5.69. The molecule has 0 atom stereocenters. The summed E-state index contributed by atoms with van der Waals surface area (Å²) < 4.78 is 0. The highest BCUT2D eigenvalue weighted by Crippen LogP contribution is 2.19. The fourth-order valence-corrected chi connectivity index (χ4v) is 2.50. The molecular formula is C21H33N5. The van der Waals surface area contributed by atoms with Crippen LogP contribution in [0.2, 0.25) is 0 Å². The fourth-order valence-electron chi connectivity index (χ4n) is 2.50. The molecule has 26 heavy (non-hydrogen) atoms. The van der Waals surface area contributed by atoms with Gasteiger partial charge in [-0.15, -0.1) is 0 Å². The van der Waals surface area contributed by atoms with Crippen LogP contribution in [-0.4, -0.2) is 41.0 Å². The molecule has 0 amide bonds. The maximum atomic E-state index is 5.74. The van der Waals surface area contributed by atoms with Gasteiger partial charge in [-0.25, -0.2) is 0 Å². The Bertz CT molecular complexity index is 648. The number of rotatable bonds is 9. The Morgan fingerprint density at radius 1 is 1.12 bits per heavy atom. The summed E-state index contributed by atoms with van der Waals surface area (Å²) in [7, 11) is 0. The fraction of sp³-hybridized carbons (Fsp3) is 0.429. The van der Waals surface area contributed by atoms with Crippen LogP contribution in [0.3, 0.4) is 0 Å². The standard InChI is InChI=1S/C19H27N5.C2H6/c1-4-24(5-2)12-6-10-21-17-7-8-18(23-14-17)19-13-16(15(3)20)9-11-22-19;1-2/h7-9,11,13-14,21H,3-6,10,12,20H2,1-2H3;1-2H3. The molecule has 0 spiro atoms. The van der Waals surface area contributed by atoms with E-state index in [9.17, 15) is 0 Å². The molecule has 0 saturated heterocycles. The van der Waals surface area contributed by atoms with Gasteiger partial charge in [0.25, 0.3) is 0 Å². The maximum Gasteiger partial charge on any atom is 0.0892 e. The Morgan fingerprint density at radius 3 is 2.42 bits per heavy atom. The van der Waals surface area contributed by atoms with E-state index in [1.807, 2.05) is 44.3 Å². The van der Waals surface area contributed by atoms with Gasteiger partial charge < -0.3 is 16.0 Å². The number of anilines is 1. The Balaban J connectivity index is 0.00000163. The number of nitrogens with one attached hydrogen (secondary N) is 1. The van der Waals surface area contributed by atoms with Gasteiger partial charge in [-0.05, 0) is 50.3 Å². The van der Waals surface area contributed by atoms with Gasteiger partial charge in [0, 0.05) is 24.0 Å². The average Bonchev–Trinajstić information content (AvgIpc) is 2.70. The topological polar surface area (TPSA) is 67.1 Å². The summed E-state index contributed by atoms with van der Waals surface area (Å²) in [6.45, 7) is 16.4. The molecule has 5 heteroatoms. The lowest BCUT2D eigenvalue weighted by Gasteiger charge is -2.17. The van der Waals surface area contributed by atoms with Gasteiger partial charge in [-0.2, -0.15) is 0 Å². The lowest BCUT2D eigenvalue weighted by Crippen LogP contribution is -2.25. The van der Waals surface area contributed by atoms with E-state index in [1.54, 1.807) is 6.20 Å². The molecule has 0 aliphatic rings. The van der Waals surface area contributed by atoms with Gasteiger partial charge in [0.2, 0.25) is 0 Å². The second kappa shape index (κ2) is 12.0. The minimum absolute atomic E-state index is 0.533. The summed E-state index contributed by atoms with van der Waals surface area (Å²) in [4.78, 5) is 11.3. The molecule has 0 fully saturated rings. The highest BCUT2D eigenvalue weighted by atomic mass is 15.1. The van der Waals surface area contributed by atoms with E-state index in [0.29, 0.717) is 5.70 Å². The van der Waals surface area contributed by atoms with Crippen LogP contribution in [0.25, 0.3) is 17.1 Å². The first-order chi connectivity index (χ1) is 12.6. The van der Waals surface area contributed by atoms with Gasteiger partial charge >= 0.3 is 0 Å². The molecule has 0 aromatic carbocycles. The molecule has 2 heterocycles. The first-order valence-corrected chi connectivity index (χ1v) is 9.47. The third-order valence-corrected chi connectivity index (χ3v) is 4.03. The number of aromatic nitrogens is 2. The highest BCUT2D eigenvalue weighted by Gasteiger charge is 2.04. The minimum Gasteiger partial charge on any atom is -0.399 e. The van der Waals surface area contributed by atoms with Crippen molar-refractivity contribution in [2.45, 2.75) is 34.1 Å². The molecule has 0 aliphatic carbocycles. The summed E-state index contributed by atoms with van der Waals surface area (Å²) in [6.07, 6.45) is 4.69. The summed E-state index contributed by atoms with van der Waals surface area (Å²) >= 11 is 0. The van der Waals surface area contributed by atoms with Crippen LogP contribution >= 0.6 is 0 Å². The largest absolute Gasteiger partial charge is 0.399 e. The number of hydrogen-bond donors (Lipinski definition) is 2. The third-order valence-electron chi connectivity index (χ3n) is 4.03. The molecule has 0 radical (unpaired) electrons. The lowest BCUT2D eigenvalue weighted by atomic mass is 10.1. The molecule has 0 aliphatic heterocycles. The van der Waals surface area contributed by atoms with E-state index in [2.05, 4.69) is 40.6 Å². The van der Waals surface area contributed by atoms with Gasteiger partial charge in [0.15, 0.2) is 0 Å². The zero-order chi connectivity index (χ0) is 19.4.